The van der Waals surface area contributed by atoms with E-state index < -0.39 is 0 Å². The second-order valence-corrected chi connectivity index (χ2v) is 5.73. The number of esters is 1. The van der Waals surface area contributed by atoms with Crippen molar-refractivity contribution < 1.29 is 14.3 Å². The Bertz CT molecular complexity index is 430. The number of carbonyl (C=O) groups excluding carboxylic acids is 2. The third-order valence-electron chi connectivity index (χ3n) is 3.44. The highest BCUT2D eigenvalue weighted by Gasteiger charge is 2.34. The maximum Gasteiger partial charge on any atom is 0.328 e. The molecule has 1 amide bonds. The number of methoxy groups -OCH3 is 1. The fraction of sp³-hybridized carbons (Fsp3) is 0.571. The molecule has 19 heavy (non-hydrogen) atoms. The quantitative estimate of drug-likeness (QED) is 0.778. The maximum atomic E-state index is 12.1. The minimum absolute atomic E-state index is 0.0736. The standard InChI is InChI=1S/C14H19NO3S/c1-18-14(17)12-7-3-9-15(12)13(16)8-2-5-11-6-4-10-19-11/h4,6,10,12H,2-3,5,7-9H2,1H3. The van der Waals surface area contributed by atoms with Crippen molar-refractivity contribution in [2.75, 3.05) is 13.7 Å². The molecule has 0 spiro atoms. The van der Waals surface area contributed by atoms with Gasteiger partial charge in [-0.3, -0.25) is 4.79 Å². The summed E-state index contributed by atoms with van der Waals surface area (Å²) in [4.78, 5) is 26.7. The Hall–Kier alpha value is -1.36. The largest absolute Gasteiger partial charge is 0.467 e. The predicted octanol–water partition coefficient (Wildman–Crippen LogP) is 2.23. The normalized spacial score (nSPS) is 18.6. The van der Waals surface area contributed by atoms with E-state index in [1.165, 1.54) is 12.0 Å². The molecule has 2 heterocycles. The van der Waals surface area contributed by atoms with Crippen molar-refractivity contribution in [2.24, 2.45) is 0 Å². The average Bonchev–Trinajstić information content (AvgIpc) is 3.08. The van der Waals surface area contributed by atoms with Gasteiger partial charge in [0.25, 0.3) is 0 Å². The highest BCUT2D eigenvalue weighted by atomic mass is 32.1. The van der Waals surface area contributed by atoms with E-state index in [0.717, 1.165) is 25.7 Å². The van der Waals surface area contributed by atoms with Gasteiger partial charge in [-0.15, -0.1) is 11.3 Å². The van der Waals surface area contributed by atoms with E-state index in [0.29, 0.717) is 13.0 Å². The van der Waals surface area contributed by atoms with Crippen LogP contribution in [0.5, 0.6) is 0 Å². The number of hydrogen-bond donors (Lipinski definition) is 0. The zero-order valence-electron chi connectivity index (χ0n) is 11.1. The first-order chi connectivity index (χ1) is 9.22. The van der Waals surface area contributed by atoms with E-state index in [9.17, 15) is 9.59 Å². The molecule has 0 bridgehead atoms. The number of thiophene rings is 1. The molecular formula is C14H19NO3S. The lowest BCUT2D eigenvalue weighted by atomic mass is 10.2. The first-order valence-electron chi connectivity index (χ1n) is 6.62. The Morgan fingerprint density at radius 2 is 2.37 bits per heavy atom. The van der Waals surface area contributed by atoms with Crippen LogP contribution in [0.25, 0.3) is 0 Å². The number of nitrogens with zero attached hydrogens (tertiary/aromatic N) is 1. The van der Waals surface area contributed by atoms with E-state index in [2.05, 4.69) is 6.07 Å². The molecule has 104 valence electrons. The van der Waals surface area contributed by atoms with Gasteiger partial charge >= 0.3 is 5.97 Å². The summed E-state index contributed by atoms with van der Waals surface area (Å²) in [6.45, 7) is 0.678. The molecule has 0 radical (unpaired) electrons. The van der Waals surface area contributed by atoms with Crippen molar-refractivity contribution in [1.82, 2.24) is 4.90 Å². The van der Waals surface area contributed by atoms with Gasteiger partial charge < -0.3 is 9.64 Å². The number of rotatable bonds is 5. The summed E-state index contributed by atoms with van der Waals surface area (Å²) in [5.41, 5.74) is 0. The van der Waals surface area contributed by atoms with Crippen molar-refractivity contribution in [3.05, 3.63) is 22.4 Å². The van der Waals surface area contributed by atoms with Crippen LogP contribution >= 0.6 is 11.3 Å². The van der Waals surface area contributed by atoms with Crippen LogP contribution < -0.4 is 0 Å². The predicted molar refractivity (Wildman–Crippen MR) is 74.0 cm³/mol. The first kappa shape index (κ1) is 14.1. The van der Waals surface area contributed by atoms with Crippen LogP contribution in [0.15, 0.2) is 17.5 Å². The lowest BCUT2D eigenvalue weighted by Gasteiger charge is -2.22. The minimum atomic E-state index is -0.362. The van der Waals surface area contributed by atoms with Gasteiger partial charge in [-0.1, -0.05) is 6.07 Å². The number of amides is 1. The van der Waals surface area contributed by atoms with E-state index in [-0.39, 0.29) is 17.9 Å². The lowest BCUT2D eigenvalue weighted by Crippen LogP contribution is -2.41. The molecule has 1 aliphatic rings. The molecule has 0 N–H and O–H groups in total. The molecule has 0 saturated carbocycles. The molecule has 5 heteroatoms. The summed E-state index contributed by atoms with van der Waals surface area (Å²) in [5, 5.41) is 2.05. The summed E-state index contributed by atoms with van der Waals surface area (Å²) >= 11 is 1.72. The molecule has 1 unspecified atom stereocenters. The summed E-state index contributed by atoms with van der Waals surface area (Å²) in [6, 6.07) is 3.75. The topological polar surface area (TPSA) is 46.6 Å². The third-order valence-corrected chi connectivity index (χ3v) is 4.38. The van der Waals surface area contributed by atoms with E-state index >= 15 is 0 Å². The molecule has 4 nitrogen and oxygen atoms in total. The van der Waals surface area contributed by atoms with Crippen molar-refractivity contribution in [3.63, 3.8) is 0 Å². The monoisotopic (exact) mass is 281 g/mol. The smallest absolute Gasteiger partial charge is 0.328 e. The van der Waals surface area contributed by atoms with E-state index in [1.54, 1.807) is 16.2 Å². The fourth-order valence-electron chi connectivity index (χ4n) is 2.46. The van der Waals surface area contributed by atoms with Gasteiger partial charge in [-0.05, 0) is 37.1 Å². The summed E-state index contributed by atoms with van der Waals surface area (Å²) in [6.07, 6.45) is 3.88. The Morgan fingerprint density at radius 1 is 1.53 bits per heavy atom. The number of aryl methyl sites for hydroxylation is 1. The highest BCUT2D eigenvalue weighted by Crippen LogP contribution is 2.20. The molecule has 1 aliphatic heterocycles. The zero-order chi connectivity index (χ0) is 13.7. The molecule has 2 rings (SSSR count). The van der Waals surface area contributed by atoms with Crippen LogP contribution in [0, 0.1) is 0 Å². The molecular weight excluding hydrogens is 262 g/mol. The maximum absolute atomic E-state index is 12.1. The fourth-order valence-corrected chi connectivity index (χ4v) is 3.21. The van der Waals surface area contributed by atoms with Gasteiger partial charge in [0.15, 0.2) is 0 Å². The van der Waals surface area contributed by atoms with Crippen LogP contribution in [0.1, 0.15) is 30.6 Å². The number of likely N-dealkylation sites (tertiary alicyclic amines) is 1. The van der Waals surface area contributed by atoms with Gasteiger partial charge in [0.05, 0.1) is 7.11 Å². The Labute approximate surface area is 117 Å². The molecule has 1 aromatic heterocycles. The van der Waals surface area contributed by atoms with Gasteiger partial charge in [0.2, 0.25) is 5.91 Å². The molecule has 1 saturated heterocycles. The van der Waals surface area contributed by atoms with Gasteiger partial charge in [-0.25, -0.2) is 4.79 Å². The molecule has 1 fully saturated rings. The summed E-state index contributed by atoms with van der Waals surface area (Å²) in [5.74, 6) is -0.214. The summed E-state index contributed by atoms with van der Waals surface area (Å²) in [7, 11) is 1.38. The number of carbonyl (C=O) groups is 2. The van der Waals surface area contributed by atoms with Gasteiger partial charge in [0.1, 0.15) is 6.04 Å². The van der Waals surface area contributed by atoms with Crippen LogP contribution in [0.4, 0.5) is 0 Å². The van der Waals surface area contributed by atoms with Crippen LogP contribution in [0.2, 0.25) is 0 Å². The highest BCUT2D eigenvalue weighted by molar-refractivity contribution is 7.09. The van der Waals surface area contributed by atoms with Gasteiger partial charge in [-0.2, -0.15) is 0 Å². The average molecular weight is 281 g/mol. The van der Waals surface area contributed by atoms with E-state index in [1.807, 2.05) is 11.4 Å². The second kappa shape index (κ2) is 6.70. The molecule has 0 aliphatic carbocycles. The van der Waals surface area contributed by atoms with Crippen molar-refractivity contribution in [3.8, 4) is 0 Å². The number of ether oxygens (including phenoxy) is 1. The minimum Gasteiger partial charge on any atom is -0.467 e. The Balaban J connectivity index is 1.80. The summed E-state index contributed by atoms with van der Waals surface area (Å²) < 4.78 is 4.75. The first-order valence-corrected chi connectivity index (χ1v) is 7.50. The lowest BCUT2D eigenvalue weighted by molar-refractivity contribution is -0.151. The molecule has 1 atom stereocenters. The Morgan fingerprint density at radius 3 is 3.05 bits per heavy atom. The van der Waals surface area contributed by atoms with Crippen molar-refractivity contribution in [1.29, 1.82) is 0 Å². The van der Waals surface area contributed by atoms with Crippen molar-refractivity contribution >= 4 is 23.2 Å². The molecule has 1 aromatic rings. The zero-order valence-corrected chi connectivity index (χ0v) is 11.9. The van der Waals surface area contributed by atoms with Gasteiger partial charge in [0, 0.05) is 17.8 Å². The third kappa shape index (κ3) is 3.56. The van der Waals surface area contributed by atoms with E-state index in [4.69, 9.17) is 4.74 Å². The molecule has 0 aromatic carbocycles. The number of hydrogen-bond acceptors (Lipinski definition) is 4. The Kier molecular flexibility index (Phi) is 4.96. The van der Waals surface area contributed by atoms with Crippen molar-refractivity contribution in [2.45, 2.75) is 38.1 Å². The van der Waals surface area contributed by atoms with Crippen LogP contribution in [-0.2, 0) is 20.7 Å². The SMILES string of the molecule is COC(=O)C1CCCN1C(=O)CCCc1cccs1. The van der Waals surface area contributed by atoms with Crippen LogP contribution in [0.3, 0.4) is 0 Å². The second-order valence-electron chi connectivity index (χ2n) is 4.70. The van der Waals surface area contributed by atoms with Crippen LogP contribution in [-0.4, -0.2) is 36.5 Å².